The van der Waals surface area contributed by atoms with Crippen molar-refractivity contribution in [3.8, 4) is 17.2 Å². The molecule has 0 radical (unpaired) electrons. The Morgan fingerprint density at radius 2 is 1.85 bits per heavy atom. The second-order valence-corrected chi connectivity index (χ2v) is 5.99. The highest BCUT2D eigenvalue weighted by Gasteiger charge is 2.10. The number of thiocarbonyl (C=S) groups is 1. The van der Waals surface area contributed by atoms with Crippen LogP contribution in [-0.2, 0) is 6.54 Å². The fourth-order valence-corrected chi connectivity index (χ4v) is 2.55. The van der Waals surface area contributed by atoms with E-state index < -0.39 is 6.61 Å². The van der Waals surface area contributed by atoms with E-state index >= 15 is 0 Å². The van der Waals surface area contributed by atoms with Crippen molar-refractivity contribution < 1.29 is 23.0 Å². The van der Waals surface area contributed by atoms with Crippen LogP contribution in [0.15, 0.2) is 42.5 Å². The highest BCUT2D eigenvalue weighted by Crippen LogP contribution is 2.28. The van der Waals surface area contributed by atoms with Gasteiger partial charge in [0, 0.05) is 19.3 Å². The summed E-state index contributed by atoms with van der Waals surface area (Å²) in [6.07, 6.45) is 0. The summed E-state index contributed by atoms with van der Waals surface area (Å²) in [7, 11) is 3.45. The number of hydrogen-bond donors (Lipinski definition) is 1. The summed E-state index contributed by atoms with van der Waals surface area (Å²) < 4.78 is 39.6. The second-order valence-electron chi connectivity index (χ2n) is 5.61. The van der Waals surface area contributed by atoms with Crippen LogP contribution in [0.1, 0.15) is 12.5 Å². The molecule has 0 atom stereocenters. The number of alkyl halides is 2. The minimum atomic E-state index is -2.85. The molecular formula is C19H22F2N2O3S. The fourth-order valence-electron chi connectivity index (χ4n) is 2.37. The Bertz CT molecular complexity index is 757. The van der Waals surface area contributed by atoms with E-state index in [1.165, 1.54) is 12.1 Å². The van der Waals surface area contributed by atoms with Gasteiger partial charge < -0.3 is 24.4 Å². The van der Waals surface area contributed by atoms with Crippen molar-refractivity contribution in [2.45, 2.75) is 20.1 Å². The summed E-state index contributed by atoms with van der Waals surface area (Å²) in [5, 5.41) is 3.55. The molecule has 0 saturated heterocycles. The molecule has 2 aromatic carbocycles. The first-order valence-electron chi connectivity index (χ1n) is 8.29. The SMILES string of the molecule is CCOc1ccc(CN(C)C(=S)Nc2ccc(OC(F)F)cc2)cc1OC. The van der Waals surface area contributed by atoms with Crippen LogP contribution in [-0.4, -0.2) is 37.4 Å². The van der Waals surface area contributed by atoms with E-state index in [4.69, 9.17) is 21.7 Å². The number of halogens is 2. The first kappa shape index (κ1) is 20.7. The summed E-state index contributed by atoms with van der Waals surface area (Å²) in [4.78, 5) is 1.86. The smallest absolute Gasteiger partial charge is 0.387 e. The molecule has 0 spiro atoms. The van der Waals surface area contributed by atoms with Crippen LogP contribution < -0.4 is 19.5 Å². The van der Waals surface area contributed by atoms with Gasteiger partial charge in [0.1, 0.15) is 5.75 Å². The van der Waals surface area contributed by atoms with Gasteiger partial charge in [0.25, 0.3) is 0 Å². The molecule has 0 aliphatic rings. The summed E-state index contributed by atoms with van der Waals surface area (Å²) in [6, 6.07) is 11.9. The number of nitrogens with one attached hydrogen (secondary N) is 1. The number of anilines is 1. The lowest BCUT2D eigenvalue weighted by Gasteiger charge is -2.22. The van der Waals surface area contributed by atoms with E-state index in [1.807, 2.05) is 37.1 Å². The maximum Gasteiger partial charge on any atom is 0.387 e. The highest BCUT2D eigenvalue weighted by atomic mass is 32.1. The minimum Gasteiger partial charge on any atom is -0.493 e. The zero-order chi connectivity index (χ0) is 19.8. The predicted molar refractivity (Wildman–Crippen MR) is 105 cm³/mol. The van der Waals surface area contributed by atoms with Crippen LogP contribution in [0, 0.1) is 0 Å². The lowest BCUT2D eigenvalue weighted by Crippen LogP contribution is -2.30. The summed E-state index contributed by atoms with van der Waals surface area (Å²) in [5.41, 5.74) is 1.68. The molecule has 146 valence electrons. The summed E-state index contributed by atoms with van der Waals surface area (Å²) in [6.45, 7) is 0.186. The van der Waals surface area contributed by atoms with Gasteiger partial charge in [-0.3, -0.25) is 0 Å². The molecule has 0 aliphatic heterocycles. The molecule has 0 fully saturated rings. The van der Waals surface area contributed by atoms with Gasteiger partial charge in [0.15, 0.2) is 16.6 Å². The maximum absolute atomic E-state index is 12.2. The first-order valence-corrected chi connectivity index (χ1v) is 8.70. The predicted octanol–water partition coefficient (Wildman–Crippen LogP) is 4.52. The van der Waals surface area contributed by atoms with Crippen molar-refractivity contribution in [1.82, 2.24) is 4.90 Å². The second kappa shape index (κ2) is 9.91. The van der Waals surface area contributed by atoms with Crippen LogP contribution >= 0.6 is 12.2 Å². The first-order chi connectivity index (χ1) is 12.9. The van der Waals surface area contributed by atoms with Crippen LogP contribution in [0.5, 0.6) is 17.2 Å². The monoisotopic (exact) mass is 396 g/mol. The molecule has 0 heterocycles. The highest BCUT2D eigenvalue weighted by molar-refractivity contribution is 7.80. The van der Waals surface area contributed by atoms with Crippen molar-refractivity contribution in [3.05, 3.63) is 48.0 Å². The molecule has 0 unspecified atom stereocenters. The molecule has 0 aliphatic carbocycles. The molecule has 0 amide bonds. The number of benzene rings is 2. The quantitative estimate of drug-likeness (QED) is 0.662. The van der Waals surface area contributed by atoms with Crippen molar-refractivity contribution in [2.75, 3.05) is 26.1 Å². The third kappa shape index (κ3) is 6.25. The van der Waals surface area contributed by atoms with Gasteiger partial charge >= 0.3 is 6.61 Å². The largest absolute Gasteiger partial charge is 0.493 e. The zero-order valence-electron chi connectivity index (χ0n) is 15.4. The molecule has 1 N–H and O–H groups in total. The van der Waals surface area contributed by atoms with Crippen LogP contribution in [0.3, 0.4) is 0 Å². The molecule has 0 aromatic heterocycles. The summed E-state index contributed by atoms with van der Waals surface area (Å²) >= 11 is 5.40. The molecule has 2 rings (SSSR count). The van der Waals surface area contributed by atoms with Crippen LogP contribution in [0.4, 0.5) is 14.5 Å². The van der Waals surface area contributed by atoms with Crippen molar-refractivity contribution in [3.63, 3.8) is 0 Å². The Balaban J connectivity index is 1.97. The number of rotatable bonds is 8. The number of nitrogens with zero attached hydrogens (tertiary/aromatic N) is 1. The fraction of sp³-hybridized carbons (Fsp3) is 0.316. The van der Waals surface area contributed by atoms with Gasteiger partial charge in [-0.05, 0) is 61.1 Å². The number of methoxy groups -OCH3 is 1. The van der Waals surface area contributed by atoms with Crippen LogP contribution in [0.2, 0.25) is 0 Å². The maximum atomic E-state index is 12.2. The molecule has 0 bridgehead atoms. The molecule has 27 heavy (non-hydrogen) atoms. The standard InChI is InChI=1S/C19H22F2N2O3S/c1-4-25-16-10-5-13(11-17(16)24-3)12-23(2)19(27)22-14-6-8-15(9-7-14)26-18(20)21/h5-11,18H,4,12H2,1-3H3,(H,22,27). The van der Waals surface area contributed by atoms with Gasteiger partial charge in [-0.2, -0.15) is 8.78 Å². The Morgan fingerprint density at radius 1 is 1.15 bits per heavy atom. The van der Waals surface area contributed by atoms with E-state index in [9.17, 15) is 8.78 Å². The number of ether oxygens (including phenoxy) is 3. The van der Waals surface area contributed by atoms with Gasteiger partial charge in [0.2, 0.25) is 0 Å². The molecular weight excluding hydrogens is 374 g/mol. The van der Waals surface area contributed by atoms with E-state index in [2.05, 4.69) is 10.1 Å². The Hall–Kier alpha value is -2.61. The average Bonchev–Trinajstić information content (AvgIpc) is 2.64. The number of hydrogen-bond acceptors (Lipinski definition) is 4. The molecule has 8 heteroatoms. The van der Waals surface area contributed by atoms with E-state index in [0.717, 1.165) is 5.56 Å². The topological polar surface area (TPSA) is 43.0 Å². The molecule has 0 saturated carbocycles. The third-order valence-corrected chi connectivity index (χ3v) is 4.04. The van der Waals surface area contributed by atoms with Crippen molar-refractivity contribution in [1.29, 1.82) is 0 Å². The summed E-state index contributed by atoms with van der Waals surface area (Å²) in [5.74, 6) is 1.45. The van der Waals surface area contributed by atoms with Gasteiger partial charge in [-0.1, -0.05) is 6.07 Å². The Kier molecular flexibility index (Phi) is 7.60. The lowest BCUT2D eigenvalue weighted by atomic mass is 10.2. The van der Waals surface area contributed by atoms with Crippen molar-refractivity contribution in [2.24, 2.45) is 0 Å². The normalized spacial score (nSPS) is 10.4. The minimum absolute atomic E-state index is 0.0938. The van der Waals surface area contributed by atoms with E-state index in [0.29, 0.717) is 35.5 Å². The Labute approximate surface area is 162 Å². The van der Waals surface area contributed by atoms with Gasteiger partial charge in [-0.25, -0.2) is 0 Å². The zero-order valence-corrected chi connectivity index (χ0v) is 16.2. The third-order valence-electron chi connectivity index (χ3n) is 3.63. The van der Waals surface area contributed by atoms with Crippen molar-refractivity contribution >= 4 is 23.0 Å². The average molecular weight is 396 g/mol. The lowest BCUT2D eigenvalue weighted by molar-refractivity contribution is -0.0498. The molecule has 5 nitrogen and oxygen atoms in total. The van der Waals surface area contributed by atoms with Gasteiger partial charge in [-0.15, -0.1) is 0 Å². The van der Waals surface area contributed by atoms with E-state index in [1.54, 1.807) is 19.2 Å². The van der Waals surface area contributed by atoms with Crippen LogP contribution in [0.25, 0.3) is 0 Å². The van der Waals surface area contributed by atoms with E-state index in [-0.39, 0.29) is 5.75 Å². The van der Waals surface area contributed by atoms with Gasteiger partial charge in [0.05, 0.1) is 13.7 Å². The molecule has 2 aromatic rings. The Morgan fingerprint density at radius 3 is 2.44 bits per heavy atom.